The second kappa shape index (κ2) is 13.0. The van der Waals surface area contributed by atoms with E-state index in [1.165, 1.54) is 11.9 Å². The summed E-state index contributed by atoms with van der Waals surface area (Å²) < 4.78 is 30.4. The van der Waals surface area contributed by atoms with Gasteiger partial charge < -0.3 is 15.0 Å². The van der Waals surface area contributed by atoms with Crippen molar-refractivity contribution in [1.82, 2.24) is 14.5 Å². The van der Waals surface area contributed by atoms with Crippen LogP contribution in [0.25, 0.3) is 0 Å². The van der Waals surface area contributed by atoms with E-state index >= 15 is 0 Å². The first-order chi connectivity index (χ1) is 17.7. The summed E-state index contributed by atoms with van der Waals surface area (Å²) in [7, 11) is -0.676. The zero-order valence-corrected chi connectivity index (χ0v) is 22.1. The summed E-state index contributed by atoms with van der Waals surface area (Å²) in [6, 6.07) is 25.2. The molecule has 196 valence electrons. The van der Waals surface area contributed by atoms with Crippen molar-refractivity contribution in [3.8, 4) is 5.75 Å². The van der Waals surface area contributed by atoms with Crippen molar-refractivity contribution >= 4 is 21.8 Å². The highest BCUT2D eigenvalue weighted by Gasteiger charge is 2.32. The molecule has 8 nitrogen and oxygen atoms in total. The number of nitrogens with zero attached hydrogens (tertiary/aromatic N) is 2. The Morgan fingerprint density at radius 3 is 2.05 bits per heavy atom. The number of para-hydroxylation sites is 1. The van der Waals surface area contributed by atoms with Crippen molar-refractivity contribution < 1.29 is 22.7 Å². The van der Waals surface area contributed by atoms with Gasteiger partial charge in [0.15, 0.2) is 0 Å². The molecule has 0 aliphatic rings. The van der Waals surface area contributed by atoms with E-state index < -0.39 is 22.0 Å². The standard InChI is InChI=1S/C28H33N3O5S/c1-30(37(3,34)35)21-27(32)31(20-23-14-8-5-9-15-23)25(18-22-12-6-4-7-13-22)28(33)29-19-24-16-10-11-17-26(24)36-2/h4-17,25H,18-21H2,1-3H3,(H,29,33)/t25-/m1/s1. The second-order valence-electron chi connectivity index (χ2n) is 8.76. The fourth-order valence-corrected chi connectivity index (χ4v) is 4.23. The van der Waals surface area contributed by atoms with Crippen LogP contribution in [0.15, 0.2) is 84.9 Å². The highest BCUT2D eigenvalue weighted by atomic mass is 32.2. The highest BCUT2D eigenvalue weighted by Crippen LogP contribution is 2.19. The Kier molecular flexibility index (Phi) is 9.82. The number of benzene rings is 3. The minimum Gasteiger partial charge on any atom is -0.496 e. The van der Waals surface area contributed by atoms with E-state index in [0.29, 0.717) is 5.75 Å². The first kappa shape index (κ1) is 27.9. The molecule has 3 aromatic rings. The maximum absolute atomic E-state index is 13.7. The zero-order valence-electron chi connectivity index (χ0n) is 21.3. The Labute approximate surface area is 218 Å². The molecule has 0 bridgehead atoms. The lowest BCUT2D eigenvalue weighted by molar-refractivity contribution is -0.141. The minimum absolute atomic E-state index is 0.150. The summed E-state index contributed by atoms with van der Waals surface area (Å²) in [5.41, 5.74) is 2.50. The number of hydrogen-bond acceptors (Lipinski definition) is 5. The number of sulfonamides is 1. The topological polar surface area (TPSA) is 96.0 Å². The molecule has 0 saturated heterocycles. The summed E-state index contributed by atoms with van der Waals surface area (Å²) >= 11 is 0. The molecule has 9 heteroatoms. The fraction of sp³-hybridized carbons (Fsp3) is 0.286. The molecular weight excluding hydrogens is 490 g/mol. The normalized spacial score (nSPS) is 12.1. The lowest BCUT2D eigenvalue weighted by Crippen LogP contribution is -2.52. The van der Waals surface area contributed by atoms with Crippen LogP contribution >= 0.6 is 0 Å². The molecule has 2 amide bonds. The number of carbonyl (C=O) groups is 2. The number of carbonyl (C=O) groups excluding carboxylic acids is 2. The van der Waals surface area contributed by atoms with Gasteiger partial charge in [-0.1, -0.05) is 78.9 Å². The molecule has 0 unspecified atom stereocenters. The number of ether oxygens (including phenoxy) is 1. The summed E-state index contributed by atoms with van der Waals surface area (Å²) in [6.07, 6.45) is 1.31. The largest absolute Gasteiger partial charge is 0.496 e. The van der Waals surface area contributed by atoms with E-state index in [4.69, 9.17) is 4.74 Å². The minimum atomic E-state index is -3.59. The summed E-state index contributed by atoms with van der Waals surface area (Å²) in [5, 5.41) is 2.95. The van der Waals surface area contributed by atoms with Crippen LogP contribution in [-0.2, 0) is 39.1 Å². The third-order valence-corrected chi connectivity index (χ3v) is 7.30. The number of hydrogen-bond donors (Lipinski definition) is 1. The van der Waals surface area contributed by atoms with Crippen molar-refractivity contribution in [3.63, 3.8) is 0 Å². The molecule has 3 rings (SSSR count). The molecular formula is C28H33N3O5S. The van der Waals surface area contributed by atoms with E-state index in [9.17, 15) is 18.0 Å². The van der Waals surface area contributed by atoms with Gasteiger partial charge in [0.1, 0.15) is 11.8 Å². The van der Waals surface area contributed by atoms with Gasteiger partial charge in [-0.05, 0) is 17.2 Å². The maximum atomic E-state index is 13.7. The molecule has 3 aromatic carbocycles. The van der Waals surface area contributed by atoms with Crippen molar-refractivity contribution in [2.24, 2.45) is 0 Å². The van der Waals surface area contributed by atoms with Crippen LogP contribution in [0, 0.1) is 0 Å². The van der Waals surface area contributed by atoms with Crippen LogP contribution in [0.1, 0.15) is 16.7 Å². The number of nitrogens with one attached hydrogen (secondary N) is 1. The Morgan fingerprint density at radius 2 is 1.46 bits per heavy atom. The van der Waals surface area contributed by atoms with Gasteiger partial charge in [0, 0.05) is 32.1 Å². The van der Waals surface area contributed by atoms with Crippen molar-refractivity contribution in [2.45, 2.75) is 25.6 Å². The highest BCUT2D eigenvalue weighted by molar-refractivity contribution is 7.88. The Bertz CT molecular complexity index is 1280. The van der Waals surface area contributed by atoms with Gasteiger partial charge in [-0.15, -0.1) is 0 Å². The quantitative estimate of drug-likeness (QED) is 0.394. The second-order valence-corrected chi connectivity index (χ2v) is 10.9. The van der Waals surface area contributed by atoms with E-state index in [1.807, 2.05) is 84.9 Å². The molecule has 0 aliphatic heterocycles. The van der Waals surface area contributed by atoms with Gasteiger partial charge in [0.05, 0.1) is 19.9 Å². The zero-order chi connectivity index (χ0) is 26.8. The average Bonchev–Trinajstić information content (AvgIpc) is 2.90. The molecule has 0 aliphatic carbocycles. The third kappa shape index (κ3) is 8.16. The van der Waals surface area contributed by atoms with E-state index in [0.717, 1.165) is 27.3 Å². The van der Waals surface area contributed by atoms with Gasteiger partial charge >= 0.3 is 0 Å². The van der Waals surface area contributed by atoms with Crippen LogP contribution < -0.4 is 10.1 Å². The fourth-order valence-electron chi connectivity index (χ4n) is 3.88. The number of likely N-dealkylation sites (N-methyl/N-ethyl adjacent to an activating group) is 1. The predicted molar refractivity (Wildman–Crippen MR) is 143 cm³/mol. The predicted octanol–water partition coefficient (Wildman–Crippen LogP) is 2.84. The van der Waals surface area contributed by atoms with Gasteiger partial charge in [-0.3, -0.25) is 9.59 Å². The average molecular weight is 524 g/mol. The molecule has 0 fully saturated rings. The van der Waals surface area contributed by atoms with Crippen LogP contribution in [0.3, 0.4) is 0 Å². The summed E-state index contributed by atoms with van der Waals surface area (Å²) in [5.74, 6) is -0.166. The number of methoxy groups -OCH3 is 1. The van der Waals surface area contributed by atoms with Crippen LogP contribution in [0.4, 0.5) is 0 Å². The Balaban J connectivity index is 1.94. The lowest BCUT2D eigenvalue weighted by atomic mass is 10.0. The molecule has 0 radical (unpaired) electrons. The first-order valence-electron chi connectivity index (χ1n) is 11.9. The molecule has 0 heterocycles. The third-order valence-electron chi connectivity index (χ3n) is 6.04. The van der Waals surface area contributed by atoms with Crippen molar-refractivity contribution in [2.75, 3.05) is 27.0 Å². The summed E-state index contributed by atoms with van der Waals surface area (Å²) in [4.78, 5) is 28.7. The Hall–Kier alpha value is -3.69. The smallest absolute Gasteiger partial charge is 0.243 e. The number of amides is 2. The van der Waals surface area contributed by atoms with Crippen molar-refractivity contribution in [1.29, 1.82) is 0 Å². The monoisotopic (exact) mass is 523 g/mol. The van der Waals surface area contributed by atoms with Crippen LogP contribution in [-0.4, -0.2) is 62.4 Å². The van der Waals surface area contributed by atoms with Gasteiger partial charge in [-0.2, -0.15) is 4.31 Å². The molecule has 1 N–H and O–H groups in total. The molecule has 37 heavy (non-hydrogen) atoms. The van der Waals surface area contributed by atoms with E-state index in [-0.39, 0.29) is 32.0 Å². The molecule has 0 spiro atoms. The first-order valence-corrected chi connectivity index (χ1v) is 13.7. The summed E-state index contributed by atoms with van der Waals surface area (Å²) in [6.45, 7) is -0.0155. The van der Waals surface area contributed by atoms with Crippen molar-refractivity contribution in [3.05, 3.63) is 102 Å². The van der Waals surface area contributed by atoms with Crippen LogP contribution in [0.5, 0.6) is 5.75 Å². The molecule has 0 saturated carbocycles. The van der Waals surface area contributed by atoms with E-state index in [2.05, 4.69) is 5.32 Å². The maximum Gasteiger partial charge on any atom is 0.243 e. The van der Waals surface area contributed by atoms with E-state index in [1.54, 1.807) is 7.11 Å². The van der Waals surface area contributed by atoms with Crippen LogP contribution in [0.2, 0.25) is 0 Å². The SMILES string of the molecule is COc1ccccc1CNC(=O)[C@@H](Cc1ccccc1)N(Cc1ccccc1)C(=O)CN(C)S(C)(=O)=O. The molecule has 1 atom stereocenters. The van der Waals surface area contributed by atoms with Gasteiger partial charge in [0.25, 0.3) is 0 Å². The molecule has 0 aromatic heterocycles. The Morgan fingerprint density at radius 1 is 0.892 bits per heavy atom. The number of rotatable bonds is 12. The lowest BCUT2D eigenvalue weighted by Gasteiger charge is -2.32. The van der Waals surface area contributed by atoms with Gasteiger partial charge in [0.2, 0.25) is 21.8 Å². The van der Waals surface area contributed by atoms with Gasteiger partial charge in [-0.25, -0.2) is 8.42 Å².